The topological polar surface area (TPSA) is 249 Å². The van der Waals surface area contributed by atoms with E-state index in [1.54, 1.807) is 41.0 Å². The molecule has 4 aromatic carbocycles. The number of fused-ring (bicyclic) bond motifs is 10. The molecule has 93 heavy (non-hydrogen) atoms. The number of likely N-dealkylation sites (tertiary alicyclic amines) is 1. The zero-order valence-electron chi connectivity index (χ0n) is 54.7. The highest BCUT2D eigenvalue weighted by atomic mass is 32.2. The van der Waals surface area contributed by atoms with Crippen LogP contribution < -0.4 is 24.2 Å². The van der Waals surface area contributed by atoms with Gasteiger partial charge in [0.1, 0.15) is 18.1 Å². The van der Waals surface area contributed by atoms with Crippen LogP contribution in [0.3, 0.4) is 0 Å². The highest BCUT2D eigenvalue weighted by molar-refractivity contribution is 7.88. The standard InChI is InChI=1S/C70H86N10O11S2/c1-42-30-61(81)70(3,4)80(39-42)69(85)51-33-49-35-54(23-27-56(49)65-63(45-18-14-11-15-19-45)58-24-20-46(36-60(58)79(65)41-51)67(83)73-92(86,87)75(5)6)91-29-28-76(7)93(88,89)74-68(84)47-21-25-57-59(37-47)78-40-50(66(82)71-38-52-31-43(2)72-77(52)8)32-48-34-53(90-9)22-26-55(48)64(78)62(57)44-16-12-10-13-17-44/h20-27,31,33-37,42,44-45,50,61,81H,10-19,28-30,32,38-41H2,1-9H3,(H,71,82)(H,73,83)(H,74,84). The molecule has 3 fully saturated rings. The van der Waals surface area contributed by atoms with Crippen LogP contribution >= 0.6 is 0 Å². The van der Waals surface area contributed by atoms with Crippen molar-refractivity contribution in [1.29, 1.82) is 0 Å². The van der Waals surface area contributed by atoms with E-state index in [1.165, 1.54) is 26.7 Å². The van der Waals surface area contributed by atoms with Crippen molar-refractivity contribution in [2.75, 3.05) is 47.9 Å². The van der Waals surface area contributed by atoms with Gasteiger partial charge < -0.3 is 33.9 Å². The Hall–Kier alpha value is -7.83. The zero-order chi connectivity index (χ0) is 66.0. The van der Waals surface area contributed by atoms with Crippen LogP contribution in [0.1, 0.15) is 158 Å². The fraction of sp³-hybridized carbons (Fsp3) is 0.471. The van der Waals surface area contributed by atoms with Gasteiger partial charge in [0.05, 0.1) is 60.5 Å². The van der Waals surface area contributed by atoms with Gasteiger partial charge in [-0.05, 0) is 172 Å². The number of piperidine rings is 1. The third kappa shape index (κ3) is 12.7. The van der Waals surface area contributed by atoms with E-state index in [0.717, 1.165) is 134 Å². The number of nitrogens with zero attached hydrogens (tertiary/aromatic N) is 7. The predicted octanol–water partition coefficient (Wildman–Crippen LogP) is 9.49. The van der Waals surface area contributed by atoms with Gasteiger partial charge in [0.25, 0.3) is 17.7 Å². The second kappa shape index (κ2) is 25.8. The van der Waals surface area contributed by atoms with Crippen LogP contribution in [0, 0.1) is 18.8 Å². The number of methoxy groups -OCH3 is 1. The summed E-state index contributed by atoms with van der Waals surface area (Å²) >= 11 is 0. The molecule has 2 aliphatic carbocycles. The number of hydrogen-bond acceptors (Lipinski definition) is 12. The van der Waals surface area contributed by atoms with E-state index in [-0.39, 0.29) is 60.4 Å². The van der Waals surface area contributed by atoms with Crippen molar-refractivity contribution >= 4 is 71.9 Å². The molecule has 23 heteroatoms. The lowest BCUT2D eigenvalue weighted by molar-refractivity contribution is -0.144. The number of aromatic nitrogens is 4. The van der Waals surface area contributed by atoms with Crippen molar-refractivity contribution in [2.24, 2.45) is 18.9 Å². The van der Waals surface area contributed by atoms with Crippen LogP contribution in [-0.4, -0.2) is 138 Å². The first-order valence-electron chi connectivity index (χ1n) is 32.6. The Kier molecular flexibility index (Phi) is 18.1. The Morgan fingerprint density at radius 2 is 1.32 bits per heavy atom. The van der Waals surface area contributed by atoms with Gasteiger partial charge in [-0.15, -0.1) is 0 Å². The third-order valence-corrected chi connectivity index (χ3v) is 23.1. The number of likely N-dealkylation sites (N-methyl/N-ethyl adjacent to an activating group) is 1. The molecule has 494 valence electrons. The van der Waals surface area contributed by atoms with E-state index in [0.29, 0.717) is 60.6 Å². The summed E-state index contributed by atoms with van der Waals surface area (Å²) in [5.74, 6) is -1.06. The molecule has 0 bridgehead atoms. The second-order valence-electron chi connectivity index (χ2n) is 27.1. The van der Waals surface area contributed by atoms with Crippen molar-refractivity contribution in [1.82, 2.24) is 47.2 Å². The maximum atomic E-state index is 15.3. The Balaban J connectivity index is 0.834. The first-order valence-corrected chi connectivity index (χ1v) is 35.5. The van der Waals surface area contributed by atoms with Crippen LogP contribution in [0.25, 0.3) is 50.4 Å². The van der Waals surface area contributed by atoms with Crippen LogP contribution in [0.4, 0.5) is 0 Å². The van der Waals surface area contributed by atoms with Crippen LogP contribution in [0.5, 0.6) is 11.5 Å². The molecule has 4 N–H and O–H groups in total. The number of amides is 4. The number of benzene rings is 4. The number of hydrogen-bond donors (Lipinski definition) is 4. The molecule has 3 aromatic heterocycles. The van der Waals surface area contributed by atoms with Gasteiger partial charge in [0.15, 0.2) is 0 Å². The number of ether oxygens (including phenoxy) is 2. The Morgan fingerprint density at radius 3 is 1.92 bits per heavy atom. The molecule has 0 radical (unpaired) electrons. The van der Waals surface area contributed by atoms with Gasteiger partial charge in [-0.1, -0.05) is 57.6 Å². The van der Waals surface area contributed by atoms with Crippen molar-refractivity contribution in [3.63, 3.8) is 0 Å². The Labute approximate surface area is 544 Å². The Bertz CT molecular complexity index is 4380. The number of aliphatic hydroxyl groups is 1. The normalized spacial score (nSPS) is 19.5. The lowest BCUT2D eigenvalue weighted by atomic mass is 9.81. The maximum absolute atomic E-state index is 15.3. The van der Waals surface area contributed by atoms with Gasteiger partial charge in [-0.2, -0.15) is 30.5 Å². The summed E-state index contributed by atoms with van der Waals surface area (Å²) in [5, 5.41) is 20.9. The highest BCUT2D eigenvalue weighted by Crippen LogP contribution is 2.50. The first kappa shape index (κ1) is 65.2. The fourth-order valence-electron chi connectivity index (χ4n) is 15.0. The second-order valence-corrected chi connectivity index (χ2v) is 30.7. The van der Waals surface area contributed by atoms with Crippen molar-refractivity contribution in [3.05, 3.63) is 129 Å². The number of aliphatic hydroxyl groups excluding tert-OH is 1. The molecule has 12 rings (SSSR count). The van der Waals surface area contributed by atoms with Gasteiger partial charge in [0, 0.05) is 97.5 Å². The van der Waals surface area contributed by atoms with Gasteiger partial charge in [0.2, 0.25) is 5.91 Å². The molecule has 3 atom stereocenters. The summed E-state index contributed by atoms with van der Waals surface area (Å²) in [4.78, 5) is 59.6. The summed E-state index contributed by atoms with van der Waals surface area (Å²) in [6.07, 6.45) is 12.3. The molecule has 6 heterocycles. The van der Waals surface area contributed by atoms with Crippen LogP contribution in [0.2, 0.25) is 0 Å². The maximum Gasteiger partial charge on any atom is 0.303 e. The van der Waals surface area contributed by atoms with E-state index in [9.17, 15) is 36.3 Å². The van der Waals surface area contributed by atoms with E-state index >= 15 is 4.79 Å². The average Bonchev–Trinajstić information content (AvgIpc) is 1.60. The molecule has 3 aliphatic heterocycles. The SMILES string of the molecule is COc1ccc2c(c1)CC(C(=O)NCc1cc(C)nn1C)Cn1c-2c(C2CCCCC2)c2ccc(C(=O)NS(=O)(=O)N(C)CCOc3ccc4c(c3)C=C(C(=O)N3CC(C)CC(O)C3(C)C)Cn3c-4c(C4CCCCC4)c4ccc(C(=O)NS(=O)(=O)N(C)C)cc43)cc21. The minimum atomic E-state index is -4.45. The van der Waals surface area contributed by atoms with Crippen LogP contribution in [-0.2, 0) is 63.1 Å². The number of carbonyl (C=O) groups is 4. The van der Waals surface area contributed by atoms with Crippen molar-refractivity contribution in [2.45, 2.75) is 148 Å². The molecule has 0 spiro atoms. The molecule has 4 amide bonds. The number of carbonyl (C=O) groups excluding carboxylic acids is 4. The lowest BCUT2D eigenvalue weighted by Crippen LogP contribution is -2.60. The molecule has 3 unspecified atom stereocenters. The summed E-state index contributed by atoms with van der Waals surface area (Å²) in [6.45, 7) is 8.51. The largest absolute Gasteiger partial charge is 0.497 e. The summed E-state index contributed by atoms with van der Waals surface area (Å²) < 4.78 is 78.8. The monoisotopic (exact) mass is 1310 g/mol. The fourth-order valence-corrected chi connectivity index (χ4v) is 16.3. The van der Waals surface area contributed by atoms with E-state index in [4.69, 9.17) is 9.47 Å². The molecular weight excluding hydrogens is 1220 g/mol. The van der Waals surface area contributed by atoms with E-state index < -0.39 is 49.8 Å². The van der Waals surface area contributed by atoms with Gasteiger partial charge in [-0.3, -0.25) is 23.9 Å². The van der Waals surface area contributed by atoms with Gasteiger partial charge >= 0.3 is 20.4 Å². The van der Waals surface area contributed by atoms with E-state index in [2.05, 4.69) is 35.1 Å². The molecular formula is C70H86N10O11S2. The Morgan fingerprint density at radius 1 is 0.731 bits per heavy atom. The molecule has 7 aromatic rings. The number of rotatable bonds is 17. The summed E-state index contributed by atoms with van der Waals surface area (Å²) in [6, 6.07) is 24.1. The molecule has 1 saturated heterocycles. The minimum absolute atomic E-state index is 0.0182. The molecule has 2 saturated carbocycles. The third-order valence-electron chi connectivity index (χ3n) is 20.2. The van der Waals surface area contributed by atoms with Crippen molar-refractivity contribution < 1.29 is 50.6 Å². The predicted molar refractivity (Wildman–Crippen MR) is 358 cm³/mol. The number of aryl methyl sites for hydroxylation is 2. The zero-order valence-corrected chi connectivity index (χ0v) is 56.3. The smallest absolute Gasteiger partial charge is 0.303 e. The quantitative estimate of drug-likeness (QED) is 0.0666. The summed E-state index contributed by atoms with van der Waals surface area (Å²) in [5.41, 5.74) is 10.5. The first-order chi connectivity index (χ1) is 44.3. The highest BCUT2D eigenvalue weighted by Gasteiger charge is 2.44. The number of nitrogens with one attached hydrogen (secondary N) is 3. The van der Waals surface area contributed by atoms with Gasteiger partial charge in [-0.25, -0.2) is 9.44 Å². The summed E-state index contributed by atoms with van der Waals surface area (Å²) in [7, 11) is -1.04. The average molecular weight is 1310 g/mol. The lowest BCUT2D eigenvalue weighted by Gasteiger charge is -2.48. The van der Waals surface area contributed by atoms with Crippen molar-refractivity contribution in [3.8, 4) is 34.0 Å². The molecule has 5 aliphatic rings. The molecule has 21 nitrogen and oxygen atoms in total. The minimum Gasteiger partial charge on any atom is -0.497 e. The van der Waals surface area contributed by atoms with E-state index in [1.807, 2.05) is 89.3 Å². The van der Waals surface area contributed by atoms with Crippen LogP contribution in [0.15, 0.2) is 84.4 Å².